The third kappa shape index (κ3) is 2.33. The zero-order valence-corrected chi connectivity index (χ0v) is 9.15. The molecule has 0 bridgehead atoms. The summed E-state index contributed by atoms with van der Waals surface area (Å²) in [7, 11) is 1.43. The smallest absolute Gasteiger partial charge is 0.165 e. The SMILES string of the molecule is COc1cc(C2CC(O)CCO2)ccc1F. The molecular formula is C12H15FO3. The van der Waals surface area contributed by atoms with Crippen molar-refractivity contribution in [3.05, 3.63) is 29.6 Å². The number of methoxy groups -OCH3 is 1. The molecular weight excluding hydrogens is 211 g/mol. The number of halogens is 1. The van der Waals surface area contributed by atoms with Gasteiger partial charge in [-0.15, -0.1) is 0 Å². The van der Waals surface area contributed by atoms with E-state index in [9.17, 15) is 9.50 Å². The van der Waals surface area contributed by atoms with Crippen molar-refractivity contribution in [1.82, 2.24) is 0 Å². The van der Waals surface area contributed by atoms with E-state index in [0.29, 0.717) is 19.4 Å². The van der Waals surface area contributed by atoms with Crippen molar-refractivity contribution in [1.29, 1.82) is 0 Å². The highest BCUT2D eigenvalue weighted by Crippen LogP contribution is 2.31. The molecule has 1 heterocycles. The topological polar surface area (TPSA) is 38.7 Å². The zero-order valence-electron chi connectivity index (χ0n) is 9.15. The van der Waals surface area contributed by atoms with Crippen LogP contribution in [0, 0.1) is 5.82 Å². The van der Waals surface area contributed by atoms with Gasteiger partial charge in [-0.2, -0.15) is 0 Å². The number of benzene rings is 1. The second-order valence-electron chi connectivity index (χ2n) is 3.93. The second-order valence-corrected chi connectivity index (χ2v) is 3.93. The summed E-state index contributed by atoms with van der Waals surface area (Å²) in [6.45, 7) is 0.533. The van der Waals surface area contributed by atoms with E-state index in [2.05, 4.69) is 0 Å². The number of rotatable bonds is 2. The molecule has 0 aliphatic carbocycles. The van der Waals surface area contributed by atoms with Crippen LogP contribution in [0.15, 0.2) is 18.2 Å². The van der Waals surface area contributed by atoms with Crippen molar-refractivity contribution >= 4 is 0 Å². The first-order valence-electron chi connectivity index (χ1n) is 5.34. The third-order valence-electron chi connectivity index (χ3n) is 2.80. The Morgan fingerprint density at radius 2 is 2.31 bits per heavy atom. The Morgan fingerprint density at radius 3 is 3.00 bits per heavy atom. The summed E-state index contributed by atoms with van der Waals surface area (Å²) in [6, 6.07) is 4.65. The van der Waals surface area contributed by atoms with Crippen molar-refractivity contribution in [3.8, 4) is 5.75 Å². The number of hydrogen-bond donors (Lipinski definition) is 1. The van der Waals surface area contributed by atoms with Crippen LogP contribution >= 0.6 is 0 Å². The molecule has 0 saturated carbocycles. The Labute approximate surface area is 93.8 Å². The van der Waals surface area contributed by atoms with Crippen molar-refractivity contribution in [2.24, 2.45) is 0 Å². The van der Waals surface area contributed by atoms with Gasteiger partial charge in [-0.05, 0) is 24.1 Å². The molecule has 0 spiro atoms. The van der Waals surface area contributed by atoms with Gasteiger partial charge >= 0.3 is 0 Å². The lowest BCUT2D eigenvalue weighted by Gasteiger charge is -2.27. The molecule has 1 aromatic carbocycles. The number of hydrogen-bond acceptors (Lipinski definition) is 3. The summed E-state index contributed by atoms with van der Waals surface area (Å²) in [6.07, 6.45) is 0.705. The highest BCUT2D eigenvalue weighted by Gasteiger charge is 2.23. The van der Waals surface area contributed by atoms with Crippen LogP contribution in [0.2, 0.25) is 0 Å². The average Bonchev–Trinajstić information content (AvgIpc) is 2.29. The minimum atomic E-state index is -0.386. The molecule has 1 aliphatic heterocycles. The molecule has 2 rings (SSSR count). The lowest BCUT2D eigenvalue weighted by atomic mass is 9.99. The maximum absolute atomic E-state index is 13.2. The van der Waals surface area contributed by atoms with Gasteiger partial charge in [-0.25, -0.2) is 4.39 Å². The van der Waals surface area contributed by atoms with Gasteiger partial charge in [0, 0.05) is 13.0 Å². The van der Waals surface area contributed by atoms with Crippen LogP contribution in [0.5, 0.6) is 5.75 Å². The van der Waals surface area contributed by atoms with Crippen LogP contribution in [0.1, 0.15) is 24.5 Å². The van der Waals surface area contributed by atoms with E-state index in [-0.39, 0.29) is 23.8 Å². The van der Waals surface area contributed by atoms with Crippen LogP contribution in [-0.4, -0.2) is 24.9 Å². The van der Waals surface area contributed by atoms with Gasteiger partial charge in [0.25, 0.3) is 0 Å². The average molecular weight is 226 g/mol. The lowest BCUT2D eigenvalue weighted by molar-refractivity contribution is -0.0448. The van der Waals surface area contributed by atoms with E-state index >= 15 is 0 Å². The lowest BCUT2D eigenvalue weighted by Crippen LogP contribution is -2.23. The monoisotopic (exact) mass is 226 g/mol. The summed E-state index contributed by atoms with van der Waals surface area (Å²) in [5, 5.41) is 9.54. The largest absolute Gasteiger partial charge is 0.494 e. The Balaban J connectivity index is 2.19. The third-order valence-corrected chi connectivity index (χ3v) is 2.80. The van der Waals surface area contributed by atoms with Crippen molar-refractivity contribution in [2.75, 3.05) is 13.7 Å². The molecule has 1 saturated heterocycles. The van der Waals surface area contributed by atoms with Crippen molar-refractivity contribution < 1.29 is 19.0 Å². The van der Waals surface area contributed by atoms with Crippen molar-refractivity contribution in [3.63, 3.8) is 0 Å². The van der Waals surface area contributed by atoms with Crippen LogP contribution in [0.25, 0.3) is 0 Å². The van der Waals surface area contributed by atoms with Gasteiger partial charge in [0.15, 0.2) is 11.6 Å². The molecule has 88 valence electrons. The van der Waals surface area contributed by atoms with Crippen LogP contribution in [0.3, 0.4) is 0 Å². The first-order valence-corrected chi connectivity index (χ1v) is 5.34. The van der Waals surface area contributed by atoms with Gasteiger partial charge in [0.2, 0.25) is 0 Å². The molecule has 2 unspecified atom stereocenters. The van der Waals surface area contributed by atoms with E-state index in [1.54, 1.807) is 12.1 Å². The summed E-state index contributed by atoms with van der Waals surface area (Å²) in [4.78, 5) is 0. The first kappa shape index (κ1) is 11.4. The van der Waals surface area contributed by atoms with Gasteiger partial charge in [0.1, 0.15) is 0 Å². The molecule has 3 nitrogen and oxygen atoms in total. The fourth-order valence-corrected chi connectivity index (χ4v) is 1.89. The van der Waals surface area contributed by atoms with Gasteiger partial charge in [0.05, 0.1) is 19.3 Å². The van der Waals surface area contributed by atoms with Gasteiger partial charge in [-0.3, -0.25) is 0 Å². The Hall–Kier alpha value is -1.13. The van der Waals surface area contributed by atoms with E-state index in [1.807, 2.05) is 0 Å². The Morgan fingerprint density at radius 1 is 1.50 bits per heavy atom. The molecule has 0 aromatic heterocycles. The molecule has 16 heavy (non-hydrogen) atoms. The Kier molecular flexibility index (Phi) is 3.41. The predicted octanol–water partition coefficient (Wildman–Crippen LogP) is 2.05. The fraction of sp³-hybridized carbons (Fsp3) is 0.500. The van der Waals surface area contributed by atoms with E-state index in [1.165, 1.54) is 13.2 Å². The van der Waals surface area contributed by atoms with E-state index in [0.717, 1.165) is 5.56 Å². The van der Waals surface area contributed by atoms with Crippen LogP contribution in [-0.2, 0) is 4.74 Å². The molecule has 1 fully saturated rings. The summed E-state index contributed by atoms with van der Waals surface area (Å²) >= 11 is 0. The maximum atomic E-state index is 13.2. The number of aliphatic hydroxyl groups is 1. The fourth-order valence-electron chi connectivity index (χ4n) is 1.89. The first-order chi connectivity index (χ1) is 7.70. The highest BCUT2D eigenvalue weighted by atomic mass is 19.1. The molecule has 1 N–H and O–H groups in total. The van der Waals surface area contributed by atoms with E-state index < -0.39 is 0 Å². The zero-order chi connectivity index (χ0) is 11.5. The normalized spacial score (nSPS) is 25.4. The molecule has 2 atom stereocenters. The Bertz CT molecular complexity index is 367. The summed E-state index contributed by atoms with van der Waals surface area (Å²) in [5.74, 6) is -0.177. The molecule has 4 heteroatoms. The molecule has 1 aliphatic rings. The van der Waals surface area contributed by atoms with Gasteiger partial charge in [-0.1, -0.05) is 6.07 Å². The second kappa shape index (κ2) is 4.80. The minimum Gasteiger partial charge on any atom is -0.494 e. The quantitative estimate of drug-likeness (QED) is 0.838. The molecule has 0 amide bonds. The summed E-state index contributed by atoms with van der Waals surface area (Å²) < 4.78 is 23.6. The minimum absolute atomic E-state index is 0.168. The number of ether oxygens (including phenoxy) is 2. The number of aliphatic hydroxyl groups excluding tert-OH is 1. The standard InChI is InChI=1S/C12H15FO3/c1-15-12-6-8(2-3-10(12)13)11-7-9(14)4-5-16-11/h2-3,6,9,11,14H,4-5,7H2,1H3. The van der Waals surface area contributed by atoms with Crippen LogP contribution < -0.4 is 4.74 Å². The maximum Gasteiger partial charge on any atom is 0.165 e. The predicted molar refractivity (Wildman–Crippen MR) is 56.9 cm³/mol. The molecule has 0 radical (unpaired) electrons. The highest BCUT2D eigenvalue weighted by molar-refractivity contribution is 5.31. The van der Waals surface area contributed by atoms with E-state index in [4.69, 9.17) is 9.47 Å². The van der Waals surface area contributed by atoms with Crippen LogP contribution in [0.4, 0.5) is 4.39 Å². The summed E-state index contributed by atoms with van der Waals surface area (Å²) in [5.41, 5.74) is 0.844. The van der Waals surface area contributed by atoms with Gasteiger partial charge < -0.3 is 14.6 Å². The van der Waals surface area contributed by atoms with Crippen molar-refractivity contribution in [2.45, 2.75) is 25.0 Å². The molecule has 1 aromatic rings.